The van der Waals surface area contributed by atoms with E-state index >= 15 is 0 Å². The van der Waals surface area contributed by atoms with Crippen LogP contribution in [0.2, 0.25) is 0 Å². The minimum absolute atomic E-state index is 0.00256. The van der Waals surface area contributed by atoms with Crippen LogP contribution in [0.15, 0.2) is 24.3 Å². The van der Waals surface area contributed by atoms with Crippen molar-refractivity contribution in [1.29, 1.82) is 0 Å². The molecule has 3 N–H and O–H groups in total. The molecule has 0 unspecified atom stereocenters. The first kappa shape index (κ1) is 15.0. The molecule has 5 heteroatoms. The van der Waals surface area contributed by atoms with Crippen LogP contribution in [0.1, 0.15) is 32.8 Å². The third-order valence-corrected chi connectivity index (χ3v) is 3.89. The molecule has 1 rings (SSSR count). The Kier molecular flexibility index (Phi) is 4.76. The van der Waals surface area contributed by atoms with E-state index in [1.54, 1.807) is 24.3 Å². The summed E-state index contributed by atoms with van der Waals surface area (Å²) in [7, 11) is -3.26. The smallest absolute Gasteiger partial charge is 0.215 e. The number of nitrogens with two attached hydrogens (primary N) is 1. The Balaban J connectivity index is 2.52. The zero-order valence-corrected chi connectivity index (χ0v) is 12.0. The number of rotatable bonds is 5. The Morgan fingerprint density at radius 2 is 1.72 bits per heavy atom. The van der Waals surface area contributed by atoms with Gasteiger partial charge in [0.2, 0.25) is 10.0 Å². The Bertz CT molecular complexity index is 473. The van der Waals surface area contributed by atoms with Crippen LogP contribution in [0.4, 0.5) is 5.69 Å². The molecule has 0 amide bonds. The highest BCUT2D eigenvalue weighted by Crippen LogP contribution is 2.17. The number of hydrogen-bond acceptors (Lipinski definition) is 3. The van der Waals surface area contributed by atoms with Crippen molar-refractivity contribution < 1.29 is 8.42 Å². The van der Waals surface area contributed by atoms with E-state index in [1.807, 2.05) is 0 Å². The minimum atomic E-state index is -3.26. The highest BCUT2D eigenvalue weighted by molar-refractivity contribution is 7.88. The van der Waals surface area contributed by atoms with Crippen LogP contribution in [0.5, 0.6) is 0 Å². The molecule has 4 nitrogen and oxygen atoms in total. The molecule has 0 aliphatic carbocycles. The van der Waals surface area contributed by atoms with E-state index in [4.69, 9.17) is 5.73 Å². The highest BCUT2D eigenvalue weighted by atomic mass is 32.2. The lowest BCUT2D eigenvalue weighted by Crippen LogP contribution is -2.28. The number of hydrogen-bond donors (Lipinski definition) is 2. The van der Waals surface area contributed by atoms with Gasteiger partial charge in [-0.2, -0.15) is 0 Å². The summed E-state index contributed by atoms with van der Waals surface area (Å²) in [5, 5.41) is 0. The summed E-state index contributed by atoms with van der Waals surface area (Å²) in [5.41, 5.74) is 7.06. The van der Waals surface area contributed by atoms with Crippen LogP contribution >= 0.6 is 0 Å². The number of nitrogens with one attached hydrogen (secondary N) is 1. The molecule has 1 aromatic carbocycles. The van der Waals surface area contributed by atoms with Crippen molar-refractivity contribution >= 4 is 15.7 Å². The first-order chi connectivity index (χ1) is 8.18. The van der Waals surface area contributed by atoms with Gasteiger partial charge in [0.25, 0.3) is 0 Å². The van der Waals surface area contributed by atoms with Gasteiger partial charge in [-0.05, 0) is 29.5 Å². The van der Waals surface area contributed by atoms with Crippen LogP contribution in [0, 0.1) is 5.41 Å². The Morgan fingerprint density at radius 3 is 2.22 bits per heavy atom. The second kappa shape index (κ2) is 5.71. The number of nitrogen functional groups attached to an aromatic ring is 1. The lowest BCUT2D eigenvalue weighted by atomic mass is 9.93. The predicted molar refractivity (Wildman–Crippen MR) is 75.6 cm³/mol. The second-order valence-electron chi connectivity index (χ2n) is 5.71. The molecule has 1 aromatic rings. The number of benzene rings is 1. The molecule has 0 atom stereocenters. The molecule has 102 valence electrons. The average molecular weight is 270 g/mol. The summed E-state index contributed by atoms with van der Waals surface area (Å²) >= 11 is 0. The van der Waals surface area contributed by atoms with Crippen molar-refractivity contribution in [3.8, 4) is 0 Å². The molecular weight excluding hydrogens is 248 g/mol. The van der Waals surface area contributed by atoms with Crippen LogP contribution in [0.25, 0.3) is 0 Å². The maximum Gasteiger partial charge on any atom is 0.215 e. The van der Waals surface area contributed by atoms with Crippen molar-refractivity contribution in [2.24, 2.45) is 5.41 Å². The number of anilines is 1. The zero-order valence-electron chi connectivity index (χ0n) is 11.2. The first-order valence-electron chi connectivity index (χ1n) is 6.00. The van der Waals surface area contributed by atoms with E-state index in [2.05, 4.69) is 25.5 Å². The van der Waals surface area contributed by atoms with Gasteiger partial charge in [0.05, 0.1) is 5.75 Å². The molecule has 0 saturated carbocycles. The lowest BCUT2D eigenvalue weighted by molar-refractivity contribution is 0.378. The summed E-state index contributed by atoms with van der Waals surface area (Å²) in [6.45, 7) is 6.73. The summed E-state index contributed by atoms with van der Waals surface area (Å²) < 4.78 is 26.3. The summed E-state index contributed by atoms with van der Waals surface area (Å²) in [4.78, 5) is 0. The fourth-order valence-corrected chi connectivity index (χ4v) is 2.61. The van der Waals surface area contributed by atoms with Crippen molar-refractivity contribution in [3.63, 3.8) is 0 Å². The number of sulfonamides is 1. The van der Waals surface area contributed by atoms with Gasteiger partial charge in [-0.3, -0.25) is 0 Å². The molecule has 0 aliphatic rings. The van der Waals surface area contributed by atoms with Crippen LogP contribution in [0.3, 0.4) is 0 Å². The molecule has 0 bridgehead atoms. The average Bonchev–Trinajstić information content (AvgIpc) is 2.18. The Hall–Kier alpha value is -1.07. The van der Waals surface area contributed by atoms with Crippen LogP contribution in [-0.2, 0) is 15.8 Å². The minimum Gasteiger partial charge on any atom is -0.399 e. The van der Waals surface area contributed by atoms with Gasteiger partial charge in [0.1, 0.15) is 0 Å². The standard InChI is InChI=1S/C13H22N2O2S/c1-13(2,3)8-9-15-18(16,17)10-11-4-6-12(14)7-5-11/h4-7,15H,8-10,14H2,1-3H3. The van der Waals surface area contributed by atoms with Gasteiger partial charge in [0.15, 0.2) is 0 Å². The fourth-order valence-electron chi connectivity index (χ4n) is 1.47. The molecule has 0 saturated heterocycles. The third kappa shape index (κ3) is 6.02. The second-order valence-corrected chi connectivity index (χ2v) is 7.51. The fraction of sp³-hybridized carbons (Fsp3) is 0.538. The van der Waals surface area contributed by atoms with E-state index in [0.29, 0.717) is 12.2 Å². The largest absolute Gasteiger partial charge is 0.399 e. The van der Waals surface area contributed by atoms with E-state index < -0.39 is 10.0 Å². The topological polar surface area (TPSA) is 72.2 Å². The van der Waals surface area contributed by atoms with Crippen molar-refractivity contribution in [3.05, 3.63) is 29.8 Å². The van der Waals surface area contributed by atoms with E-state index in [1.165, 1.54) is 0 Å². The molecule has 18 heavy (non-hydrogen) atoms. The monoisotopic (exact) mass is 270 g/mol. The molecule has 0 aromatic heterocycles. The molecule has 0 spiro atoms. The van der Waals surface area contributed by atoms with Crippen molar-refractivity contribution in [1.82, 2.24) is 4.72 Å². The lowest BCUT2D eigenvalue weighted by Gasteiger charge is -2.18. The van der Waals surface area contributed by atoms with Gasteiger partial charge in [0, 0.05) is 12.2 Å². The first-order valence-corrected chi connectivity index (χ1v) is 7.65. The van der Waals surface area contributed by atoms with Gasteiger partial charge >= 0.3 is 0 Å². The molecule has 0 heterocycles. The van der Waals surface area contributed by atoms with Crippen molar-refractivity contribution in [2.45, 2.75) is 32.9 Å². The van der Waals surface area contributed by atoms with E-state index in [-0.39, 0.29) is 11.2 Å². The Labute approximate surface area is 110 Å². The van der Waals surface area contributed by atoms with Gasteiger partial charge in [-0.25, -0.2) is 13.1 Å². The molecule has 0 fully saturated rings. The van der Waals surface area contributed by atoms with Gasteiger partial charge < -0.3 is 5.73 Å². The Morgan fingerprint density at radius 1 is 1.17 bits per heavy atom. The van der Waals surface area contributed by atoms with Gasteiger partial charge in [-0.15, -0.1) is 0 Å². The van der Waals surface area contributed by atoms with Crippen LogP contribution < -0.4 is 10.5 Å². The van der Waals surface area contributed by atoms with E-state index in [0.717, 1.165) is 12.0 Å². The molecule has 0 radical (unpaired) electrons. The quantitative estimate of drug-likeness (QED) is 0.805. The summed E-state index contributed by atoms with van der Waals surface area (Å²) in [5.74, 6) is -0.00256. The molecular formula is C13H22N2O2S. The normalized spacial score (nSPS) is 12.6. The summed E-state index contributed by atoms with van der Waals surface area (Å²) in [6.07, 6.45) is 0.813. The maximum absolute atomic E-state index is 11.8. The predicted octanol–water partition coefficient (Wildman–Crippen LogP) is 2.12. The highest BCUT2D eigenvalue weighted by Gasteiger charge is 2.14. The zero-order chi connectivity index (χ0) is 13.8. The third-order valence-electron chi connectivity index (χ3n) is 2.53. The van der Waals surface area contributed by atoms with Crippen LogP contribution in [-0.4, -0.2) is 15.0 Å². The summed E-state index contributed by atoms with van der Waals surface area (Å²) in [6, 6.07) is 6.89. The van der Waals surface area contributed by atoms with Gasteiger partial charge in [-0.1, -0.05) is 32.9 Å². The SMILES string of the molecule is CC(C)(C)CCNS(=O)(=O)Cc1ccc(N)cc1. The molecule has 0 aliphatic heterocycles. The maximum atomic E-state index is 11.8. The van der Waals surface area contributed by atoms with Crippen molar-refractivity contribution in [2.75, 3.05) is 12.3 Å². The van der Waals surface area contributed by atoms with E-state index in [9.17, 15) is 8.42 Å².